The molecule has 0 saturated carbocycles. The Bertz CT molecular complexity index is 745. The Balaban J connectivity index is 1.85. The summed E-state index contributed by atoms with van der Waals surface area (Å²) in [5.74, 6) is 0.867. The molecule has 98 valence electrons. The van der Waals surface area contributed by atoms with E-state index in [1.165, 1.54) is 0 Å². The Labute approximate surface area is 118 Å². The van der Waals surface area contributed by atoms with Crippen molar-refractivity contribution < 1.29 is 4.74 Å². The predicted molar refractivity (Wildman–Crippen MR) is 83.7 cm³/mol. The van der Waals surface area contributed by atoms with Crippen molar-refractivity contribution in [2.75, 3.05) is 7.11 Å². The number of nitrogens with zero attached hydrogens (tertiary/aromatic N) is 1. The van der Waals surface area contributed by atoms with Gasteiger partial charge in [0, 0.05) is 5.39 Å². The van der Waals surface area contributed by atoms with Crippen LogP contribution in [0.3, 0.4) is 0 Å². The average molecular weight is 261 g/mol. The van der Waals surface area contributed by atoms with Crippen molar-refractivity contribution in [2.24, 2.45) is 0 Å². The lowest BCUT2D eigenvalue weighted by molar-refractivity contribution is 0.415. The van der Waals surface area contributed by atoms with Gasteiger partial charge in [-0.05, 0) is 35.9 Å². The van der Waals surface area contributed by atoms with Crippen LogP contribution >= 0.6 is 0 Å². The fourth-order valence-corrected chi connectivity index (χ4v) is 2.07. The van der Waals surface area contributed by atoms with Crippen LogP contribution in [0.2, 0.25) is 0 Å². The SMILES string of the molecule is COc1ccc(C=Cc2ccc3ccccc3n2)cc1. The lowest BCUT2D eigenvalue weighted by atomic mass is 10.1. The van der Waals surface area contributed by atoms with Gasteiger partial charge in [-0.25, -0.2) is 4.98 Å². The zero-order chi connectivity index (χ0) is 13.8. The maximum atomic E-state index is 5.14. The Kier molecular flexibility index (Phi) is 3.46. The van der Waals surface area contributed by atoms with Gasteiger partial charge in [0.25, 0.3) is 0 Å². The van der Waals surface area contributed by atoms with Crippen molar-refractivity contribution in [3.8, 4) is 5.75 Å². The molecule has 0 atom stereocenters. The molecule has 0 unspecified atom stereocenters. The maximum absolute atomic E-state index is 5.14. The molecule has 0 amide bonds. The van der Waals surface area contributed by atoms with E-state index >= 15 is 0 Å². The van der Waals surface area contributed by atoms with Crippen LogP contribution in [0.5, 0.6) is 5.75 Å². The van der Waals surface area contributed by atoms with Crippen molar-refractivity contribution in [1.82, 2.24) is 4.98 Å². The highest BCUT2D eigenvalue weighted by Crippen LogP contribution is 2.15. The van der Waals surface area contributed by atoms with Crippen molar-refractivity contribution in [3.05, 3.63) is 71.9 Å². The van der Waals surface area contributed by atoms with Gasteiger partial charge in [0.15, 0.2) is 0 Å². The molecule has 0 radical (unpaired) electrons. The van der Waals surface area contributed by atoms with E-state index in [1.807, 2.05) is 54.6 Å². The summed E-state index contributed by atoms with van der Waals surface area (Å²) >= 11 is 0. The third kappa shape index (κ3) is 2.69. The van der Waals surface area contributed by atoms with E-state index in [0.29, 0.717) is 0 Å². The molecular formula is C18H15NO. The molecule has 0 bridgehead atoms. The van der Waals surface area contributed by atoms with Crippen LogP contribution in [-0.4, -0.2) is 12.1 Å². The maximum Gasteiger partial charge on any atom is 0.118 e. The molecule has 1 aromatic heterocycles. The third-order valence-corrected chi connectivity index (χ3v) is 3.18. The Hall–Kier alpha value is -2.61. The minimum Gasteiger partial charge on any atom is -0.497 e. The van der Waals surface area contributed by atoms with Crippen LogP contribution in [0.25, 0.3) is 23.1 Å². The molecule has 2 nitrogen and oxygen atoms in total. The highest BCUT2D eigenvalue weighted by atomic mass is 16.5. The number of benzene rings is 2. The van der Waals surface area contributed by atoms with Crippen LogP contribution in [0.4, 0.5) is 0 Å². The molecule has 0 fully saturated rings. The molecule has 0 saturated heterocycles. The standard InChI is InChI=1S/C18H15NO/c1-20-17-12-7-14(8-13-17)6-10-16-11-9-15-4-2-3-5-18(15)19-16/h2-13H,1H3. The molecule has 3 aromatic rings. The van der Waals surface area contributed by atoms with E-state index in [4.69, 9.17) is 4.74 Å². The molecular weight excluding hydrogens is 246 g/mol. The second-order valence-corrected chi connectivity index (χ2v) is 4.54. The summed E-state index contributed by atoms with van der Waals surface area (Å²) in [6.07, 6.45) is 4.07. The summed E-state index contributed by atoms with van der Waals surface area (Å²) in [6.45, 7) is 0. The van der Waals surface area contributed by atoms with Gasteiger partial charge >= 0.3 is 0 Å². The predicted octanol–water partition coefficient (Wildman–Crippen LogP) is 4.41. The number of ether oxygens (including phenoxy) is 1. The van der Waals surface area contributed by atoms with E-state index in [-0.39, 0.29) is 0 Å². The van der Waals surface area contributed by atoms with E-state index in [0.717, 1.165) is 27.9 Å². The molecule has 0 aliphatic carbocycles. The summed E-state index contributed by atoms with van der Waals surface area (Å²) in [4.78, 5) is 4.61. The Morgan fingerprint density at radius 1 is 0.850 bits per heavy atom. The van der Waals surface area contributed by atoms with Crippen LogP contribution in [0.15, 0.2) is 60.7 Å². The molecule has 20 heavy (non-hydrogen) atoms. The zero-order valence-electron chi connectivity index (χ0n) is 11.3. The van der Waals surface area contributed by atoms with Gasteiger partial charge in [0.2, 0.25) is 0 Å². The second-order valence-electron chi connectivity index (χ2n) is 4.54. The first-order valence-electron chi connectivity index (χ1n) is 6.53. The van der Waals surface area contributed by atoms with Crippen molar-refractivity contribution in [2.45, 2.75) is 0 Å². The van der Waals surface area contributed by atoms with Crippen molar-refractivity contribution in [1.29, 1.82) is 0 Å². The number of hydrogen-bond donors (Lipinski definition) is 0. The van der Waals surface area contributed by atoms with Gasteiger partial charge in [-0.2, -0.15) is 0 Å². The number of pyridine rings is 1. The quantitative estimate of drug-likeness (QED) is 0.696. The molecule has 1 heterocycles. The minimum absolute atomic E-state index is 0.867. The molecule has 0 aliphatic rings. The monoisotopic (exact) mass is 261 g/mol. The molecule has 3 rings (SSSR count). The average Bonchev–Trinajstić information content (AvgIpc) is 2.53. The normalized spacial score (nSPS) is 11.1. The van der Waals surface area contributed by atoms with Crippen molar-refractivity contribution >= 4 is 23.1 Å². The van der Waals surface area contributed by atoms with Gasteiger partial charge in [-0.15, -0.1) is 0 Å². The van der Waals surface area contributed by atoms with Crippen LogP contribution < -0.4 is 4.74 Å². The van der Waals surface area contributed by atoms with Crippen molar-refractivity contribution in [3.63, 3.8) is 0 Å². The first-order valence-corrected chi connectivity index (χ1v) is 6.53. The second kappa shape index (κ2) is 5.57. The molecule has 2 heteroatoms. The lowest BCUT2D eigenvalue weighted by Crippen LogP contribution is -1.83. The van der Waals surface area contributed by atoms with Gasteiger partial charge in [-0.3, -0.25) is 0 Å². The van der Waals surface area contributed by atoms with Crippen LogP contribution in [-0.2, 0) is 0 Å². The number of aromatic nitrogens is 1. The number of methoxy groups -OCH3 is 1. The van der Waals surface area contributed by atoms with E-state index in [1.54, 1.807) is 7.11 Å². The lowest BCUT2D eigenvalue weighted by Gasteiger charge is -2.00. The first-order chi connectivity index (χ1) is 9.85. The number of para-hydroxylation sites is 1. The third-order valence-electron chi connectivity index (χ3n) is 3.18. The summed E-state index contributed by atoms with van der Waals surface area (Å²) in [5.41, 5.74) is 3.10. The van der Waals surface area contributed by atoms with E-state index in [2.05, 4.69) is 23.2 Å². The van der Waals surface area contributed by atoms with Gasteiger partial charge in [0.1, 0.15) is 5.75 Å². The largest absolute Gasteiger partial charge is 0.497 e. The fourth-order valence-electron chi connectivity index (χ4n) is 2.07. The number of rotatable bonds is 3. The van der Waals surface area contributed by atoms with E-state index < -0.39 is 0 Å². The van der Waals surface area contributed by atoms with Crippen LogP contribution in [0.1, 0.15) is 11.3 Å². The van der Waals surface area contributed by atoms with Gasteiger partial charge in [-0.1, -0.05) is 42.5 Å². The molecule has 0 spiro atoms. The summed E-state index contributed by atoms with van der Waals surface area (Å²) in [7, 11) is 1.67. The zero-order valence-corrected chi connectivity index (χ0v) is 11.3. The Morgan fingerprint density at radius 2 is 1.65 bits per heavy atom. The minimum atomic E-state index is 0.867. The summed E-state index contributed by atoms with van der Waals surface area (Å²) < 4.78 is 5.14. The molecule has 0 N–H and O–H groups in total. The summed E-state index contributed by atoms with van der Waals surface area (Å²) in [6, 6.07) is 20.2. The fraction of sp³-hybridized carbons (Fsp3) is 0.0556. The van der Waals surface area contributed by atoms with Gasteiger partial charge < -0.3 is 4.74 Å². The molecule has 2 aromatic carbocycles. The van der Waals surface area contributed by atoms with Crippen LogP contribution in [0, 0.1) is 0 Å². The highest BCUT2D eigenvalue weighted by Gasteiger charge is 1.95. The highest BCUT2D eigenvalue weighted by molar-refractivity contribution is 5.80. The number of hydrogen-bond acceptors (Lipinski definition) is 2. The first kappa shape index (κ1) is 12.4. The molecule has 0 aliphatic heterocycles. The topological polar surface area (TPSA) is 22.1 Å². The Morgan fingerprint density at radius 3 is 2.45 bits per heavy atom. The summed E-state index contributed by atoms with van der Waals surface area (Å²) in [5, 5.41) is 1.16. The van der Waals surface area contributed by atoms with Gasteiger partial charge in [0.05, 0.1) is 18.3 Å². The van der Waals surface area contributed by atoms with E-state index in [9.17, 15) is 0 Å². The number of fused-ring (bicyclic) bond motifs is 1. The smallest absolute Gasteiger partial charge is 0.118 e.